The monoisotopic (exact) mass is 254 g/mol. The first kappa shape index (κ1) is 14.4. The van der Waals surface area contributed by atoms with Crippen LogP contribution in [0.1, 0.15) is 52.9 Å². The van der Waals surface area contributed by atoms with Crippen LogP contribution >= 0.6 is 11.8 Å². The Hall–Kier alpha value is -0.700. The van der Waals surface area contributed by atoms with Crippen LogP contribution in [0.15, 0.2) is 23.5 Å². The number of rotatable bonds is 6. The summed E-state index contributed by atoms with van der Waals surface area (Å²) < 4.78 is -0.536. The highest BCUT2D eigenvalue weighted by Crippen LogP contribution is 2.43. The molecule has 0 aromatic rings. The molecule has 0 aromatic heterocycles. The molecule has 2 nitrogen and oxygen atoms in total. The second-order valence-electron chi connectivity index (χ2n) is 4.72. The zero-order chi connectivity index (χ0) is 12.9. The van der Waals surface area contributed by atoms with E-state index in [1.165, 1.54) is 37.4 Å². The van der Waals surface area contributed by atoms with Gasteiger partial charge in [-0.15, -0.1) is 0 Å². The third-order valence-electron chi connectivity index (χ3n) is 3.10. The number of hydrogen-bond acceptors (Lipinski definition) is 3. The molecular weight excluding hydrogens is 232 g/mol. The molecule has 1 atom stereocenters. The maximum Gasteiger partial charge on any atom is 0.219 e. The van der Waals surface area contributed by atoms with E-state index < -0.39 is 4.75 Å². The van der Waals surface area contributed by atoms with Crippen molar-refractivity contribution in [2.75, 3.05) is 0 Å². The predicted molar refractivity (Wildman–Crippen MR) is 74.2 cm³/mol. The topological polar surface area (TPSA) is 37.3 Å². The van der Waals surface area contributed by atoms with Crippen molar-refractivity contribution in [3.8, 4) is 0 Å². The van der Waals surface area contributed by atoms with Crippen LogP contribution in [0.3, 0.4) is 0 Å². The van der Waals surface area contributed by atoms with Gasteiger partial charge in [-0.25, -0.2) is 0 Å². The van der Waals surface area contributed by atoms with E-state index in [1.54, 1.807) is 6.92 Å². The highest BCUT2D eigenvalue weighted by atomic mass is 32.2. The summed E-state index contributed by atoms with van der Waals surface area (Å²) in [4.78, 5) is 11.5. The summed E-state index contributed by atoms with van der Waals surface area (Å²) in [6.07, 6.45) is 10.0. The van der Waals surface area contributed by atoms with Crippen LogP contribution in [0.25, 0.3) is 0 Å². The summed E-state index contributed by atoms with van der Waals surface area (Å²) in [6.45, 7) is 5.78. The van der Waals surface area contributed by atoms with Gasteiger partial charge >= 0.3 is 0 Å². The van der Waals surface area contributed by atoms with Crippen molar-refractivity contribution in [3.05, 3.63) is 23.5 Å². The zero-order valence-electron chi connectivity index (χ0n) is 11.0. The van der Waals surface area contributed by atoms with E-state index in [2.05, 4.69) is 13.0 Å². The molecule has 0 bridgehead atoms. The van der Waals surface area contributed by atoms with Crippen LogP contribution in [-0.4, -0.2) is 15.0 Å². The van der Waals surface area contributed by atoms with Crippen LogP contribution in [0.4, 0.5) is 0 Å². The van der Waals surface area contributed by atoms with Crippen molar-refractivity contribution in [2.45, 2.75) is 57.6 Å². The molecule has 0 fully saturated rings. The standard InChI is InChI=1S/C14H22O2S/c1-4-5-6-7-8-9-10-14(3)12(15)11(2)13(16)17-14/h9-10,15H,4-8H2,1-3H3/t14-/m1/s1. The number of aliphatic hydroxyl groups excluding tert-OH is 1. The Bertz CT molecular complexity index is 344. The lowest BCUT2D eigenvalue weighted by Gasteiger charge is -2.17. The predicted octanol–water partition coefficient (Wildman–Crippen LogP) is 4.38. The van der Waals surface area contributed by atoms with Crippen molar-refractivity contribution in [1.29, 1.82) is 0 Å². The average Bonchev–Trinajstić information content (AvgIpc) is 2.48. The zero-order valence-corrected chi connectivity index (χ0v) is 11.8. The summed E-state index contributed by atoms with van der Waals surface area (Å²) in [5, 5.41) is 9.90. The van der Waals surface area contributed by atoms with Crippen molar-refractivity contribution < 1.29 is 9.90 Å². The fraction of sp³-hybridized carbons (Fsp3) is 0.643. The molecule has 0 saturated carbocycles. The summed E-state index contributed by atoms with van der Waals surface area (Å²) in [5.74, 6) is 0.220. The largest absolute Gasteiger partial charge is 0.510 e. The minimum absolute atomic E-state index is 0.0133. The smallest absolute Gasteiger partial charge is 0.219 e. The molecule has 0 spiro atoms. The molecule has 17 heavy (non-hydrogen) atoms. The molecule has 1 aliphatic heterocycles. The number of thioether (sulfide) groups is 1. The van der Waals surface area contributed by atoms with Gasteiger partial charge < -0.3 is 5.11 Å². The van der Waals surface area contributed by atoms with E-state index in [9.17, 15) is 9.90 Å². The third-order valence-corrected chi connectivity index (χ3v) is 4.34. The van der Waals surface area contributed by atoms with Gasteiger partial charge in [0.1, 0.15) is 5.76 Å². The van der Waals surface area contributed by atoms with Gasteiger partial charge in [0.25, 0.3) is 0 Å². The number of allylic oxidation sites excluding steroid dienone is 1. The molecule has 0 amide bonds. The van der Waals surface area contributed by atoms with Crippen molar-refractivity contribution in [1.82, 2.24) is 0 Å². The minimum Gasteiger partial charge on any atom is -0.510 e. The number of unbranched alkanes of at least 4 members (excludes halogenated alkanes) is 4. The Balaban J connectivity index is 2.46. The van der Waals surface area contributed by atoms with Gasteiger partial charge in [-0.2, -0.15) is 0 Å². The molecule has 1 heterocycles. The molecule has 3 heteroatoms. The Morgan fingerprint density at radius 3 is 2.59 bits per heavy atom. The van der Waals surface area contributed by atoms with Crippen molar-refractivity contribution in [3.63, 3.8) is 0 Å². The molecule has 1 aliphatic rings. The van der Waals surface area contributed by atoms with E-state index in [-0.39, 0.29) is 10.9 Å². The first-order valence-corrected chi connectivity index (χ1v) is 7.14. The first-order valence-electron chi connectivity index (χ1n) is 6.32. The molecule has 0 aliphatic carbocycles. The van der Waals surface area contributed by atoms with Gasteiger partial charge in [-0.3, -0.25) is 4.79 Å². The Morgan fingerprint density at radius 1 is 1.35 bits per heavy atom. The van der Waals surface area contributed by atoms with Gasteiger partial charge in [0, 0.05) is 5.57 Å². The van der Waals surface area contributed by atoms with Gasteiger partial charge in [0.05, 0.1) is 4.75 Å². The van der Waals surface area contributed by atoms with E-state index in [0.29, 0.717) is 5.57 Å². The molecule has 1 rings (SSSR count). The molecule has 1 N–H and O–H groups in total. The molecule has 0 radical (unpaired) electrons. The van der Waals surface area contributed by atoms with Crippen molar-refractivity contribution >= 4 is 16.9 Å². The second-order valence-corrected chi connectivity index (χ2v) is 6.14. The van der Waals surface area contributed by atoms with Crippen LogP contribution in [0.2, 0.25) is 0 Å². The molecule has 0 unspecified atom stereocenters. The molecular formula is C14H22O2S. The van der Waals surface area contributed by atoms with Gasteiger partial charge in [0.15, 0.2) is 0 Å². The second kappa shape index (κ2) is 6.29. The normalized spacial score (nSPS) is 25.2. The third kappa shape index (κ3) is 3.63. The fourth-order valence-corrected chi connectivity index (χ4v) is 2.95. The van der Waals surface area contributed by atoms with Gasteiger partial charge in [-0.05, 0) is 26.7 Å². The summed E-state index contributed by atoms with van der Waals surface area (Å²) in [7, 11) is 0. The number of hydrogen-bond donors (Lipinski definition) is 1. The van der Waals surface area contributed by atoms with Crippen LogP contribution in [0, 0.1) is 0 Å². The SMILES string of the molecule is CCCCCCC=C[C@@]1(C)SC(=O)C(C)=C1O. The summed E-state index contributed by atoms with van der Waals surface area (Å²) in [6, 6.07) is 0. The van der Waals surface area contributed by atoms with E-state index in [1.807, 2.05) is 13.0 Å². The Labute approximate surface area is 108 Å². The number of aliphatic hydroxyl groups is 1. The Morgan fingerprint density at radius 2 is 2.06 bits per heavy atom. The van der Waals surface area contributed by atoms with Crippen LogP contribution in [-0.2, 0) is 4.79 Å². The molecule has 96 valence electrons. The minimum atomic E-state index is -0.536. The highest BCUT2D eigenvalue weighted by Gasteiger charge is 2.39. The average molecular weight is 254 g/mol. The first-order chi connectivity index (χ1) is 8.01. The molecule has 0 aromatic carbocycles. The van der Waals surface area contributed by atoms with E-state index in [4.69, 9.17) is 0 Å². The van der Waals surface area contributed by atoms with Crippen LogP contribution < -0.4 is 0 Å². The van der Waals surface area contributed by atoms with Gasteiger partial charge in [0.2, 0.25) is 5.12 Å². The van der Waals surface area contributed by atoms with E-state index >= 15 is 0 Å². The number of carbonyl (C=O) groups is 1. The summed E-state index contributed by atoms with van der Waals surface area (Å²) in [5.41, 5.74) is 0.494. The van der Waals surface area contributed by atoms with Crippen molar-refractivity contribution in [2.24, 2.45) is 0 Å². The van der Waals surface area contributed by atoms with Gasteiger partial charge in [-0.1, -0.05) is 50.1 Å². The quantitative estimate of drug-likeness (QED) is 0.564. The Kier molecular flexibility index (Phi) is 5.31. The molecule has 0 saturated heterocycles. The summed E-state index contributed by atoms with van der Waals surface area (Å²) >= 11 is 1.20. The lowest BCUT2D eigenvalue weighted by molar-refractivity contribution is -0.107. The van der Waals surface area contributed by atoms with E-state index in [0.717, 1.165) is 6.42 Å². The maximum atomic E-state index is 11.5. The lowest BCUT2D eigenvalue weighted by Crippen LogP contribution is -2.16. The highest BCUT2D eigenvalue weighted by molar-refractivity contribution is 8.16. The van der Waals surface area contributed by atoms with Crippen LogP contribution in [0.5, 0.6) is 0 Å². The maximum absolute atomic E-state index is 11.5. The fourth-order valence-electron chi connectivity index (χ4n) is 1.90. The lowest BCUT2D eigenvalue weighted by atomic mass is 10.0. The number of carbonyl (C=O) groups excluding carboxylic acids is 1.